The zero-order valence-corrected chi connectivity index (χ0v) is 12.2. The van der Waals surface area contributed by atoms with Crippen LogP contribution in [0.2, 0.25) is 0 Å². The number of nitrogens with zero attached hydrogens (tertiary/aromatic N) is 2. The number of aryl methyl sites for hydroxylation is 1. The number of carbonyl (C=O) groups excluding carboxylic acids is 1. The van der Waals surface area contributed by atoms with Crippen LogP contribution < -0.4 is 10.2 Å². The van der Waals surface area contributed by atoms with E-state index in [1.54, 1.807) is 12.3 Å². The summed E-state index contributed by atoms with van der Waals surface area (Å²) in [5.41, 5.74) is 2.93. The molecule has 1 fully saturated rings. The van der Waals surface area contributed by atoms with Crippen LogP contribution in [-0.2, 0) is 4.79 Å². The number of nitrogens with one attached hydrogen (secondary N) is 1. The molecule has 2 heterocycles. The molecule has 0 spiro atoms. The van der Waals surface area contributed by atoms with Crippen LogP contribution in [-0.4, -0.2) is 16.0 Å². The molecule has 104 valence electrons. The number of benzene rings is 1. The van der Waals surface area contributed by atoms with Crippen LogP contribution >= 0.6 is 12.2 Å². The van der Waals surface area contributed by atoms with Crippen molar-refractivity contribution in [2.24, 2.45) is 0 Å². The number of aromatic nitrogens is 1. The van der Waals surface area contributed by atoms with E-state index < -0.39 is 0 Å². The lowest BCUT2D eigenvalue weighted by molar-refractivity contribution is -0.113. The Hall–Kier alpha value is -2.53. The van der Waals surface area contributed by atoms with Crippen LogP contribution in [0.4, 0.5) is 5.69 Å². The van der Waals surface area contributed by atoms with Crippen LogP contribution in [0, 0.1) is 6.92 Å². The first kappa shape index (κ1) is 13.5. The van der Waals surface area contributed by atoms with Gasteiger partial charge in [-0.05, 0) is 49.0 Å². The normalized spacial score (nSPS) is 16.4. The lowest BCUT2D eigenvalue weighted by Gasteiger charge is -2.16. The molecular weight excluding hydrogens is 282 g/mol. The summed E-state index contributed by atoms with van der Waals surface area (Å²) in [5, 5.41) is 3.34. The summed E-state index contributed by atoms with van der Waals surface area (Å²) in [6.07, 6.45) is 3.39. The Labute approximate surface area is 128 Å². The van der Waals surface area contributed by atoms with Crippen LogP contribution in [0.25, 0.3) is 6.08 Å². The maximum Gasteiger partial charge on any atom is 0.281 e. The van der Waals surface area contributed by atoms with Crippen molar-refractivity contribution in [1.29, 1.82) is 0 Å². The zero-order chi connectivity index (χ0) is 14.8. The van der Waals surface area contributed by atoms with E-state index in [0.717, 1.165) is 11.3 Å². The van der Waals surface area contributed by atoms with Gasteiger partial charge in [0.25, 0.3) is 5.91 Å². The number of pyridine rings is 1. The zero-order valence-electron chi connectivity index (χ0n) is 11.4. The number of hydrogen-bond donors (Lipinski definition) is 1. The Balaban J connectivity index is 1.97. The second kappa shape index (κ2) is 5.46. The SMILES string of the molecule is Cc1ccccc1N1C(=O)/C(=C\c2ccccn2)NC1=S. The summed E-state index contributed by atoms with van der Waals surface area (Å²) >= 11 is 5.29. The largest absolute Gasteiger partial charge is 0.327 e. The summed E-state index contributed by atoms with van der Waals surface area (Å²) in [5.74, 6) is -0.167. The smallest absolute Gasteiger partial charge is 0.281 e. The summed E-state index contributed by atoms with van der Waals surface area (Å²) in [6, 6.07) is 13.2. The predicted octanol–water partition coefficient (Wildman–Crippen LogP) is 2.65. The Morgan fingerprint density at radius 3 is 2.67 bits per heavy atom. The van der Waals surface area contributed by atoms with Gasteiger partial charge in [0.15, 0.2) is 5.11 Å². The Kier molecular flexibility index (Phi) is 3.50. The number of anilines is 1. The summed E-state index contributed by atoms with van der Waals surface area (Å²) in [7, 11) is 0. The maximum atomic E-state index is 12.6. The molecule has 0 radical (unpaired) electrons. The molecular formula is C16H13N3OS. The Morgan fingerprint density at radius 2 is 1.95 bits per heavy atom. The summed E-state index contributed by atoms with van der Waals surface area (Å²) in [4.78, 5) is 18.3. The number of rotatable bonds is 2. The van der Waals surface area contributed by atoms with E-state index in [-0.39, 0.29) is 5.91 Å². The fourth-order valence-corrected chi connectivity index (χ4v) is 2.47. The van der Waals surface area contributed by atoms with Crippen molar-refractivity contribution in [1.82, 2.24) is 10.3 Å². The molecule has 4 nitrogen and oxygen atoms in total. The molecule has 1 amide bonds. The number of para-hydroxylation sites is 1. The van der Waals surface area contributed by atoms with Crippen molar-refractivity contribution < 1.29 is 4.79 Å². The molecule has 1 aromatic heterocycles. The van der Waals surface area contributed by atoms with Gasteiger partial charge >= 0.3 is 0 Å². The molecule has 1 aliphatic rings. The first-order chi connectivity index (χ1) is 10.2. The lowest BCUT2D eigenvalue weighted by atomic mass is 10.2. The first-order valence-corrected chi connectivity index (χ1v) is 6.91. The van der Waals surface area contributed by atoms with E-state index >= 15 is 0 Å². The molecule has 1 N–H and O–H groups in total. The fraction of sp³-hybridized carbons (Fsp3) is 0.0625. The average molecular weight is 295 g/mol. The molecule has 5 heteroatoms. The van der Waals surface area contributed by atoms with Gasteiger partial charge in [-0.1, -0.05) is 24.3 Å². The van der Waals surface area contributed by atoms with Crippen LogP contribution in [0.3, 0.4) is 0 Å². The maximum absolute atomic E-state index is 12.6. The third kappa shape index (κ3) is 2.55. The van der Waals surface area contributed by atoms with E-state index in [0.29, 0.717) is 16.5 Å². The average Bonchev–Trinajstić information content (AvgIpc) is 2.76. The van der Waals surface area contributed by atoms with Crippen LogP contribution in [0.1, 0.15) is 11.3 Å². The molecule has 1 aliphatic heterocycles. The van der Waals surface area contributed by atoms with Gasteiger partial charge in [0.05, 0.1) is 11.4 Å². The minimum absolute atomic E-state index is 0.167. The van der Waals surface area contributed by atoms with Crippen molar-refractivity contribution in [3.63, 3.8) is 0 Å². The molecule has 21 heavy (non-hydrogen) atoms. The van der Waals surface area contributed by atoms with Crippen molar-refractivity contribution in [2.45, 2.75) is 6.92 Å². The molecule has 2 aromatic rings. The molecule has 0 saturated carbocycles. The van der Waals surface area contributed by atoms with Gasteiger partial charge in [0.1, 0.15) is 5.70 Å². The Bertz CT molecular complexity index is 740. The molecule has 1 saturated heterocycles. The van der Waals surface area contributed by atoms with Crippen LogP contribution in [0.5, 0.6) is 0 Å². The minimum Gasteiger partial charge on any atom is -0.327 e. The Morgan fingerprint density at radius 1 is 1.19 bits per heavy atom. The second-order valence-electron chi connectivity index (χ2n) is 4.67. The third-order valence-corrected chi connectivity index (χ3v) is 3.50. The predicted molar refractivity (Wildman–Crippen MR) is 86.6 cm³/mol. The highest BCUT2D eigenvalue weighted by molar-refractivity contribution is 7.80. The van der Waals surface area contributed by atoms with Gasteiger partial charge in [0, 0.05) is 6.20 Å². The number of hydrogen-bond acceptors (Lipinski definition) is 3. The highest BCUT2D eigenvalue weighted by Gasteiger charge is 2.32. The highest BCUT2D eigenvalue weighted by Crippen LogP contribution is 2.25. The van der Waals surface area contributed by atoms with E-state index in [9.17, 15) is 4.79 Å². The lowest BCUT2D eigenvalue weighted by Crippen LogP contribution is -2.30. The molecule has 0 bridgehead atoms. The minimum atomic E-state index is -0.167. The van der Waals surface area contributed by atoms with Crippen molar-refractivity contribution in [2.75, 3.05) is 4.90 Å². The van der Waals surface area contributed by atoms with Gasteiger partial charge in [-0.25, -0.2) is 0 Å². The van der Waals surface area contributed by atoms with Crippen molar-refractivity contribution in [3.8, 4) is 0 Å². The molecule has 0 unspecified atom stereocenters. The van der Waals surface area contributed by atoms with Gasteiger partial charge in [-0.15, -0.1) is 0 Å². The van der Waals surface area contributed by atoms with E-state index in [2.05, 4.69) is 10.3 Å². The first-order valence-electron chi connectivity index (χ1n) is 6.50. The summed E-state index contributed by atoms with van der Waals surface area (Å²) in [6.45, 7) is 1.95. The van der Waals surface area contributed by atoms with E-state index in [4.69, 9.17) is 12.2 Å². The number of amides is 1. The van der Waals surface area contributed by atoms with Gasteiger partial charge in [-0.3, -0.25) is 14.7 Å². The molecule has 3 rings (SSSR count). The van der Waals surface area contributed by atoms with E-state index in [1.807, 2.05) is 49.4 Å². The van der Waals surface area contributed by atoms with Gasteiger partial charge in [-0.2, -0.15) is 0 Å². The monoisotopic (exact) mass is 295 g/mol. The number of carbonyl (C=O) groups is 1. The quantitative estimate of drug-likeness (QED) is 0.683. The molecule has 0 atom stereocenters. The topological polar surface area (TPSA) is 45.2 Å². The van der Waals surface area contributed by atoms with Gasteiger partial charge < -0.3 is 5.32 Å². The van der Waals surface area contributed by atoms with Crippen LogP contribution in [0.15, 0.2) is 54.4 Å². The van der Waals surface area contributed by atoms with Crippen molar-refractivity contribution in [3.05, 3.63) is 65.6 Å². The molecule has 1 aromatic carbocycles. The third-order valence-electron chi connectivity index (χ3n) is 3.21. The fourth-order valence-electron chi connectivity index (χ4n) is 2.18. The highest BCUT2D eigenvalue weighted by atomic mass is 32.1. The van der Waals surface area contributed by atoms with Gasteiger partial charge in [0.2, 0.25) is 0 Å². The second-order valence-corrected chi connectivity index (χ2v) is 5.06. The summed E-state index contributed by atoms with van der Waals surface area (Å²) < 4.78 is 0. The van der Waals surface area contributed by atoms with Crippen molar-refractivity contribution >= 4 is 35.0 Å². The number of thiocarbonyl (C=S) groups is 1. The standard InChI is InChI=1S/C16H13N3OS/c1-11-6-2-3-8-14(11)19-15(20)13(18-16(19)21)10-12-7-4-5-9-17-12/h2-10H,1H3,(H,18,21)/b13-10+. The molecule has 0 aliphatic carbocycles. The van der Waals surface area contributed by atoms with E-state index in [1.165, 1.54) is 4.90 Å².